The Hall–Kier alpha value is -2.82. The van der Waals surface area contributed by atoms with Crippen LogP contribution in [-0.4, -0.2) is 30.1 Å². The van der Waals surface area contributed by atoms with Crippen LogP contribution in [0.3, 0.4) is 0 Å². The summed E-state index contributed by atoms with van der Waals surface area (Å²) in [5.41, 5.74) is 0.541. The van der Waals surface area contributed by atoms with Gasteiger partial charge in [0, 0.05) is 6.54 Å². The highest BCUT2D eigenvalue weighted by Crippen LogP contribution is 2.40. The van der Waals surface area contributed by atoms with Gasteiger partial charge in [-0.1, -0.05) is 60.7 Å². The SMILES string of the molecule is CCOC(=O)[C@]1(c2ccccc2)CCCN1C(=O)OCc1ccccc1. The van der Waals surface area contributed by atoms with Gasteiger partial charge in [0.1, 0.15) is 6.61 Å². The molecule has 0 unspecified atom stereocenters. The first-order valence-electron chi connectivity index (χ1n) is 8.89. The van der Waals surface area contributed by atoms with Crippen molar-refractivity contribution in [1.29, 1.82) is 0 Å². The highest BCUT2D eigenvalue weighted by atomic mass is 16.6. The van der Waals surface area contributed by atoms with Crippen LogP contribution in [0, 0.1) is 0 Å². The topological polar surface area (TPSA) is 55.8 Å². The molecule has 3 rings (SSSR count). The molecule has 0 aromatic heterocycles. The summed E-state index contributed by atoms with van der Waals surface area (Å²) in [4.78, 5) is 27.2. The number of ether oxygens (including phenoxy) is 2. The lowest BCUT2D eigenvalue weighted by Gasteiger charge is -2.35. The first-order chi connectivity index (χ1) is 12.7. The van der Waals surface area contributed by atoms with Crippen molar-refractivity contribution in [3.8, 4) is 0 Å². The molecule has 0 N–H and O–H groups in total. The molecule has 2 aromatic carbocycles. The maximum Gasteiger partial charge on any atom is 0.411 e. The van der Waals surface area contributed by atoms with Gasteiger partial charge in [-0.2, -0.15) is 0 Å². The van der Waals surface area contributed by atoms with Crippen molar-refractivity contribution in [2.45, 2.75) is 31.9 Å². The zero-order valence-corrected chi connectivity index (χ0v) is 14.9. The second-order valence-electron chi connectivity index (χ2n) is 6.24. The number of nitrogens with zero attached hydrogens (tertiary/aromatic N) is 1. The largest absolute Gasteiger partial charge is 0.464 e. The molecule has 1 saturated heterocycles. The number of rotatable bonds is 5. The van der Waals surface area contributed by atoms with E-state index in [4.69, 9.17) is 9.47 Å². The number of likely N-dealkylation sites (tertiary alicyclic amines) is 1. The van der Waals surface area contributed by atoms with E-state index in [0.29, 0.717) is 19.4 Å². The molecule has 0 saturated carbocycles. The van der Waals surface area contributed by atoms with E-state index in [1.165, 1.54) is 4.90 Å². The Morgan fingerprint density at radius 3 is 2.31 bits per heavy atom. The number of carbonyl (C=O) groups is 2. The van der Waals surface area contributed by atoms with Crippen LogP contribution in [0.15, 0.2) is 60.7 Å². The molecule has 136 valence electrons. The van der Waals surface area contributed by atoms with E-state index in [0.717, 1.165) is 11.1 Å². The molecule has 26 heavy (non-hydrogen) atoms. The van der Waals surface area contributed by atoms with Gasteiger partial charge >= 0.3 is 12.1 Å². The second-order valence-corrected chi connectivity index (χ2v) is 6.24. The van der Waals surface area contributed by atoms with Crippen molar-refractivity contribution in [3.63, 3.8) is 0 Å². The van der Waals surface area contributed by atoms with Gasteiger partial charge in [0.05, 0.1) is 6.61 Å². The quantitative estimate of drug-likeness (QED) is 0.766. The third-order valence-electron chi connectivity index (χ3n) is 4.67. The van der Waals surface area contributed by atoms with Gasteiger partial charge in [-0.25, -0.2) is 9.59 Å². The molecule has 2 aromatic rings. The van der Waals surface area contributed by atoms with Crippen molar-refractivity contribution in [2.24, 2.45) is 0 Å². The minimum atomic E-state index is -1.12. The summed E-state index contributed by atoms with van der Waals surface area (Å²) in [5.74, 6) is -0.402. The summed E-state index contributed by atoms with van der Waals surface area (Å²) < 4.78 is 10.8. The molecular formula is C21H23NO4. The van der Waals surface area contributed by atoms with Gasteiger partial charge < -0.3 is 9.47 Å². The lowest BCUT2D eigenvalue weighted by atomic mass is 9.87. The fraction of sp³-hybridized carbons (Fsp3) is 0.333. The predicted octanol–water partition coefficient (Wildman–Crippen LogP) is 3.88. The molecule has 5 heteroatoms. The molecule has 5 nitrogen and oxygen atoms in total. The van der Waals surface area contributed by atoms with Crippen molar-refractivity contribution in [1.82, 2.24) is 4.90 Å². The Morgan fingerprint density at radius 2 is 1.65 bits per heavy atom. The Kier molecular flexibility index (Phi) is 5.56. The molecular weight excluding hydrogens is 330 g/mol. The average molecular weight is 353 g/mol. The molecule has 0 bridgehead atoms. The second kappa shape index (κ2) is 8.04. The first-order valence-corrected chi connectivity index (χ1v) is 8.89. The highest BCUT2D eigenvalue weighted by molar-refractivity contribution is 5.88. The summed E-state index contributed by atoms with van der Waals surface area (Å²) in [5, 5.41) is 0. The van der Waals surface area contributed by atoms with Gasteiger partial charge in [-0.3, -0.25) is 4.90 Å². The van der Waals surface area contributed by atoms with Crippen LogP contribution >= 0.6 is 0 Å². The zero-order chi connectivity index (χ0) is 18.4. The Morgan fingerprint density at radius 1 is 1.00 bits per heavy atom. The number of esters is 1. The first kappa shape index (κ1) is 18.0. The van der Waals surface area contributed by atoms with Gasteiger partial charge in [0.15, 0.2) is 5.54 Å². The molecule has 0 aliphatic carbocycles. The lowest BCUT2D eigenvalue weighted by molar-refractivity contribution is -0.156. The fourth-order valence-corrected chi connectivity index (χ4v) is 3.46. The van der Waals surface area contributed by atoms with E-state index >= 15 is 0 Å². The number of amides is 1. The van der Waals surface area contributed by atoms with Gasteiger partial charge in [0.25, 0.3) is 0 Å². The van der Waals surface area contributed by atoms with Crippen LogP contribution in [0.5, 0.6) is 0 Å². The standard InChI is InChI=1S/C21H23NO4/c1-2-25-19(23)21(18-12-7-4-8-13-18)14-9-15-22(21)20(24)26-16-17-10-5-3-6-11-17/h3-8,10-13H,2,9,14-16H2,1H3/t21-/m1/s1. The van der Waals surface area contributed by atoms with Crippen molar-refractivity contribution >= 4 is 12.1 Å². The van der Waals surface area contributed by atoms with Crippen molar-refractivity contribution in [2.75, 3.05) is 13.2 Å². The molecule has 1 aliphatic rings. The Balaban J connectivity index is 1.86. The van der Waals surface area contributed by atoms with Crippen LogP contribution in [0.25, 0.3) is 0 Å². The van der Waals surface area contributed by atoms with E-state index in [2.05, 4.69) is 0 Å². The van der Waals surface area contributed by atoms with Crippen LogP contribution in [-0.2, 0) is 26.4 Å². The summed E-state index contributed by atoms with van der Waals surface area (Å²) in [7, 11) is 0. The Bertz CT molecular complexity index is 747. The molecule has 1 heterocycles. The minimum Gasteiger partial charge on any atom is -0.464 e. The monoisotopic (exact) mass is 353 g/mol. The number of carbonyl (C=O) groups excluding carboxylic acids is 2. The highest BCUT2D eigenvalue weighted by Gasteiger charge is 2.53. The van der Waals surface area contributed by atoms with Crippen LogP contribution in [0.2, 0.25) is 0 Å². The van der Waals surface area contributed by atoms with Crippen LogP contribution in [0.1, 0.15) is 30.9 Å². The smallest absolute Gasteiger partial charge is 0.411 e. The molecule has 1 amide bonds. The molecule has 1 fully saturated rings. The van der Waals surface area contributed by atoms with Crippen LogP contribution < -0.4 is 0 Å². The number of hydrogen-bond acceptors (Lipinski definition) is 4. The summed E-state index contributed by atoms with van der Waals surface area (Å²) >= 11 is 0. The van der Waals surface area contributed by atoms with Crippen molar-refractivity contribution < 1.29 is 19.1 Å². The Labute approximate surface area is 153 Å². The van der Waals surface area contributed by atoms with Crippen LogP contribution in [0.4, 0.5) is 4.79 Å². The maximum atomic E-state index is 12.9. The maximum absolute atomic E-state index is 12.9. The normalized spacial score (nSPS) is 19.2. The summed E-state index contributed by atoms with van der Waals surface area (Å²) in [6, 6.07) is 18.8. The molecule has 1 aliphatic heterocycles. The summed E-state index contributed by atoms with van der Waals surface area (Å²) in [6.07, 6.45) is 0.744. The number of hydrogen-bond donors (Lipinski definition) is 0. The van der Waals surface area contributed by atoms with Gasteiger partial charge in [-0.15, -0.1) is 0 Å². The van der Waals surface area contributed by atoms with E-state index in [-0.39, 0.29) is 13.2 Å². The van der Waals surface area contributed by atoms with E-state index in [1.807, 2.05) is 60.7 Å². The third-order valence-corrected chi connectivity index (χ3v) is 4.67. The molecule has 0 spiro atoms. The van der Waals surface area contributed by atoms with Gasteiger partial charge in [0.2, 0.25) is 0 Å². The van der Waals surface area contributed by atoms with E-state index in [1.54, 1.807) is 6.92 Å². The molecule has 0 radical (unpaired) electrons. The van der Waals surface area contributed by atoms with Crippen molar-refractivity contribution in [3.05, 3.63) is 71.8 Å². The third kappa shape index (κ3) is 3.43. The fourth-order valence-electron chi connectivity index (χ4n) is 3.46. The van der Waals surface area contributed by atoms with E-state index < -0.39 is 17.6 Å². The minimum absolute atomic E-state index is 0.171. The predicted molar refractivity (Wildman–Crippen MR) is 97.3 cm³/mol. The van der Waals surface area contributed by atoms with Gasteiger partial charge in [-0.05, 0) is 30.9 Å². The summed E-state index contributed by atoms with van der Waals surface area (Å²) in [6.45, 7) is 2.66. The van der Waals surface area contributed by atoms with E-state index in [9.17, 15) is 9.59 Å². The lowest BCUT2D eigenvalue weighted by Crippen LogP contribution is -2.51. The average Bonchev–Trinajstić information content (AvgIpc) is 3.14. The molecule has 1 atom stereocenters. The number of benzene rings is 2. The zero-order valence-electron chi connectivity index (χ0n) is 14.9.